The first-order valence-corrected chi connectivity index (χ1v) is 9.65. The average molecular weight is 424 g/mol. The second-order valence-corrected chi connectivity index (χ2v) is 7.06. The second kappa shape index (κ2) is 8.51. The monoisotopic (exact) mass is 424 g/mol. The normalized spacial score (nSPS) is 14.2. The third-order valence-electron chi connectivity index (χ3n) is 4.93. The molecular weight excluding hydrogens is 406 g/mol. The molecule has 0 radical (unpaired) electrons. The van der Waals surface area contributed by atoms with Gasteiger partial charge in [0.2, 0.25) is 5.76 Å². The molecule has 0 unspecified atom stereocenters. The van der Waals surface area contributed by atoms with Crippen LogP contribution in [0.5, 0.6) is 5.75 Å². The van der Waals surface area contributed by atoms with Crippen LogP contribution in [0.15, 0.2) is 58.0 Å². The summed E-state index contributed by atoms with van der Waals surface area (Å²) in [5.41, 5.74) is 4.54. The molecule has 6 nitrogen and oxygen atoms in total. The molecule has 8 heteroatoms. The van der Waals surface area contributed by atoms with Crippen molar-refractivity contribution in [3.05, 3.63) is 88.4 Å². The van der Waals surface area contributed by atoms with Crippen LogP contribution in [0.4, 0.5) is 8.78 Å². The van der Waals surface area contributed by atoms with E-state index in [1.165, 1.54) is 48.5 Å². The summed E-state index contributed by atoms with van der Waals surface area (Å²) in [6, 6.07) is 10.2. The van der Waals surface area contributed by atoms with E-state index in [4.69, 9.17) is 9.15 Å². The van der Waals surface area contributed by atoms with Crippen molar-refractivity contribution in [3.63, 3.8) is 0 Å². The van der Waals surface area contributed by atoms with Gasteiger partial charge in [0.15, 0.2) is 0 Å². The van der Waals surface area contributed by atoms with Crippen molar-refractivity contribution in [2.45, 2.75) is 26.2 Å². The molecule has 1 heterocycles. The van der Waals surface area contributed by atoms with Gasteiger partial charge in [-0.15, -0.1) is 0 Å². The smallest absolute Gasteiger partial charge is 0.379 e. The number of amides is 1. The highest BCUT2D eigenvalue weighted by atomic mass is 19.1. The van der Waals surface area contributed by atoms with Crippen molar-refractivity contribution in [2.75, 3.05) is 0 Å². The molecule has 0 saturated heterocycles. The number of furan rings is 1. The first-order chi connectivity index (χ1) is 14.9. The summed E-state index contributed by atoms with van der Waals surface area (Å²) in [6.45, 7) is 1.71. The molecular formula is C23H18F2N2O4. The minimum atomic E-state index is -0.701. The number of esters is 1. The van der Waals surface area contributed by atoms with Crippen LogP contribution in [-0.2, 0) is 6.42 Å². The summed E-state index contributed by atoms with van der Waals surface area (Å²) in [4.78, 5) is 24.8. The van der Waals surface area contributed by atoms with Gasteiger partial charge >= 0.3 is 5.97 Å². The molecule has 1 N–H and O–H groups in total. The van der Waals surface area contributed by atoms with E-state index in [1.807, 2.05) is 0 Å². The largest absolute Gasteiger partial charge is 0.453 e. The molecule has 3 aromatic rings. The fraction of sp³-hybridized carbons (Fsp3) is 0.174. The van der Waals surface area contributed by atoms with Gasteiger partial charge in [-0.2, -0.15) is 5.10 Å². The Bertz CT molecular complexity index is 1170. The molecule has 4 rings (SSSR count). The van der Waals surface area contributed by atoms with E-state index in [0.29, 0.717) is 35.4 Å². The van der Waals surface area contributed by atoms with E-state index in [9.17, 15) is 18.4 Å². The van der Waals surface area contributed by atoms with Gasteiger partial charge in [0.05, 0.1) is 5.71 Å². The molecule has 0 aliphatic heterocycles. The molecule has 1 aliphatic rings. The van der Waals surface area contributed by atoms with Gasteiger partial charge < -0.3 is 9.15 Å². The van der Waals surface area contributed by atoms with Crippen molar-refractivity contribution in [1.29, 1.82) is 0 Å². The molecule has 31 heavy (non-hydrogen) atoms. The van der Waals surface area contributed by atoms with E-state index in [1.54, 1.807) is 6.92 Å². The molecule has 0 spiro atoms. The van der Waals surface area contributed by atoms with Gasteiger partial charge in [-0.3, -0.25) is 4.79 Å². The summed E-state index contributed by atoms with van der Waals surface area (Å²) in [5, 5.41) is 4.22. The minimum absolute atomic E-state index is 0.0359. The number of ether oxygens (including phenoxy) is 1. The third kappa shape index (κ3) is 4.37. The zero-order chi connectivity index (χ0) is 22.0. The Morgan fingerprint density at radius 3 is 2.32 bits per heavy atom. The Hall–Kier alpha value is -3.81. The van der Waals surface area contributed by atoms with Crippen LogP contribution >= 0.6 is 0 Å². The van der Waals surface area contributed by atoms with Gasteiger partial charge in [0.25, 0.3) is 5.91 Å². The van der Waals surface area contributed by atoms with Crippen molar-refractivity contribution < 1.29 is 27.5 Å². The second-order valence-electron chi connectivity index (χ2n) is 7.06. The summed E-state index contributed by atoms with van der Waals surface area (Å²) in [6.07, 6.45) is 1.94. The number of hydrogen-bond acceptors (Lipinski definition) is 5. The number of nitrogens with one attached hydrogen (secondary N) is 1. The summed E-state index contributed by atoms with van der Waals surface area (Å²) in [5.74, 6) is -1.23. The highest BCUT2D eigenvalue weighted by Gasteiger charge is 2.29. The topological polar surface area (TPSA) is 80.9 Å². The van der Waals surface area contributed by atoms with Crippen LogP contribution in [0.1, 0.15) is 50.6 Å². The zero-order valence-electron chi connectivity index (χ0n) is 16.6. The molecule has 0 atom stereocenters. The lowest BCUT2D eigenvalue weighted by atomic mass is 9.93. The fourth-order valence-corrected chi connectivity index (χ4v) is 3.41. The van der Waals surface area contributed by atoms with Crippen molar-refractivity contribution >= 4 is 17.6 Å². The van der Waals surface area contributed by atoms with Gasteiger partial charge in [-0.05, 0) is 68.3 Å². The van der Waals surface area contributed by atoms with E-state index in [2.05, 4.69) is 10.5 Å². The maximum Gasteiger partial charge on any atom is 0.379 e. The number of fused-ring (bicyclic) bond motifs is 1. The van der Waals surface area contributed by atoms with E-state index < -0.39 is 23.5 Å². The van der Waals surface area contributed by atoms with Crippen LogP contribution in [-0.4, -0.2) is 17.6 Å². The van der Waals surface area contributed by atoms with Gasteiger partial charge in [-0.1, -0.05) is 0 Å². The Morgan fingerprint density at radius 1 is 1.00 bits per heavy atom. The number of aryl methyl sites for hydroxylation is 1. The Balaban J connectivity index is 1.55. The molecule has 1 aromatic heterocycles. The molecule has 1 aliphatic carbocycles. The van der Waals surface area contributed by atoms with Gasteiger partial charge in [0, 0.05) is 23.1 Å². The van der Waals surface area contributed by atoms with Gasteiger partial charge in [-0.25, -0.2) is 19.0 Å². The average Bonchev–Trinajstić information content (AvgIpc) is 3.11. The Labute approximate surface area is 176 Å². The number of hydrazone groups is 1. The minimum Gasteiger partial charge on any atom is -0.453 e. The van der Waals surface area contributed by atoms with Crippen molar-refractivity contribution in [3.8, 4) is 5.75 Å². The van der Waals surface area contributed by atoms with E-state index in [-0.39, 0.29) is 17.1 Å². The summed E-state index contributed by atoms with van der Waals surface area (Å²) >= 11 is 0. The lowest BCUT2D eigenvalue weighted by molar-refractivity contribution is 0.0698. The number of hydrogen-bond donors (Lipinski definition) is 1. The number of rotatable bonds is 4. The predicted octanol–water partition coefficient (Wildman–Crippen LogP) is 4.56. The van der Waals surface area contributed by atoms with E-state index in [0.717, 1.165) is 6.42 Å². The molecule has 158 valence electrons. The van der Waals surface area contributed by atoms with Crippen LogP contribution in [0.3, 0.4) is 0 Å². The van der Waals surface area contributed by atoms with Crippen molar-refractivity contribution in [1.82, 2.24) is 5.43 Å². The number of benzene rings is 2. The summed E-state index contributed by atoms with van der Waals surface area (Å²) in [7, 11) is 0. The third-order valence-corrected chi connectivity index (χ3v) is 4.93. The lowest BCUT2D eigenvalue weighted by Gasteiger charge is -2.13. The fourth-order valence-electron chi connectivity index (χ4n) is 3.41. The maximum absolute atomic E-state index is 13.0. The highest BCUT2D eigenvalue weighted by Crippen LogP contribution is 2.30. The summed E-state index contributed by atoms with van der Waals surface area (Å²) < 4.78 is 37.1. The number of halogens is 2. The van der Waals surface area contributed by atoms with Crippen LogP contribution in [0.25, 0.3) is 0 Å². The van der Waals surface area contributed by atoms with E-state index >= 15 is 0 Å². The zero-order valence-corrected chi connectivity index (χ0v) is 16.6. The van der Waals surface area contributed by atoms with Crippen LogP contribution in [0, 0.1) is 18.6 Å². The molecule has 1 amide bonds. The predicted molar refractivity (Wildman–Crippen MR) is 108 cm³/mol. The maximum atomic E-state index is 13.0. The number of nitrogens with zero attached hydrogens (tertiary/aromatic N) is 1. The molecule has 0 saturated carbocycles. The molecule has 2 aromatic carbocycles. The molecule has 0 bridgehead atoms. The standard InChI is InChI=1S/C23H18F2N2O4/c1-13-20-18(26-27-22(28)14-5-7-15(24)8-6-14)3-2-4-19(20)31-21(13)23(29)30-17-11-9-16(25)10-12-17/h5-12H,2-4H2,1H3,(H,27,28)/b26-18+. The first kappa shape index (κ1) is 20.5. The quantitative estimate of drug-likeness (QED) is 0.378. The van der Waals surface area contributed by atoms with Gasteiger partial charge in [0.1, 0.15) is 23.1 Å². The Kier molecular flexibility index (Phi) is 5.62. The van der Waals surface area contributed by atoms with Crippen molar-refractivity contribution in [2.24, 2.45) is 5.10 Å². The molecule has 0 fully saturated rings. The SMILES string of the molecule is Cc1c(C(=O)Oc2ccc(F)cc2)oc2c1/C(=N/NC(=O)c1ccc(F)cc1)CCC2. The van der Waals surface area contributed by atoms with Crippen LogP contribution < -0.4 is 10.2 Å². The number of carbonyl (C=O) groups excluding carboxylic acids is 2. The highest BCUT2D eigenvalue weighted by molar-refractivity contribution is 6.06. The number of carbonyl (C=O) groups is 2. The first-order valence-electron chi connectivity index (χ1n) is 9.65. The van der Waals surface area contributed by atoms with Crippen LogP contribution in [0.2, 0.25) is 0 Å². The lowest BCUT2D eigenvalue weighted by Crippen LogP contribution is -2.22. The Morgan fingerprint density at radius 2 is 1.65 bits per heavy atom.